The van der Waals surface area contributed by atoms with E-state index in [1.165, 1.54) is 49.7 Å². The van der Waals surface area contributed by atoms with Gasteiger partial charge in [0.15, 0.2) is 0 Å². The molecular weight excluding hydrogens is 368 g/mol. The normalized spacial score (nSPS) is 17.6. The molecule has 3 aromatic carbocycles. The van der Waals surface area contributed by atoms with Crippen LogP contribution in [-0.4, -0.2) is 0 Å². The van der Waals surface area contributed by atoms with Crippen molar-refractivity contribution in [3.8, 4) is 0 Å². The quantitative estimate of drug-likeness (QED) is 0.318. The summed E-state index contributed by atoms with van der Waals surface area (Å²) in [5.41, 5.74) is 4.17. The fourth-order valence-corrected chi connectivity index (χ4v) is 5.56. The summed E-state index contributed by atoms with van der Waals surface area (Å²) in [5.74, 6) is 1.29. The predicted molar refractivity (Wildman–Crippen MR) is 129 cm³/mol. The number of allylic oxidation sites excluding steroid dienone is 4. The van der Waals surface area contributed by atoms with E-state index in [1.807, 2.05) is 11.3 Å². The monoisotopic (exact) mass is 394 g/mol. The van der Waals surface area contributed by atoms with Gasteiger partial charge in [0.05, 0.1) is 0 Å². The molecule has 4 aromatic rings. The number of thiophene rings is 1. The zero-order chi connectivity index (χ0) is 19.6. The highest BCUT2D eigenvalue weighted by atomic mass is 32.1. The molecule has 0 saturated heterocycles. The predicted octanol–water partition coefficient (Wildman–Crippen LogP) is 8.60. The lowest BCUT2D eigenvalue weighted by molar-refractivity contribution is 0.525. The Labute approximate surface area is 177 Å². The largest absolute Gasteiger partial charge is 0.135 e. The topological polar surface area (TPSA) is 0 Å². The first-order chi connectivity index (χ1) is 14.3. The molecule has 0 radical (unpaired) electrons. The van der Waals surface area contributed by atoms with Gasteiger partial charge in [0.2, 0.25) is 0 Å². The van der Waals surface area contributed by atoms with Gasteiger partial charge in [-0.15, -0.1) is 11.3 Å². The molecule has 0 bridgehead atoms. The standard InChI is InChI=1S/C28H26S/c1-20(22-7-3-2-4-8-22)11-12-21-13-15-23(16-14-21)24-17-18-26-25-9-5-6-10-27(25)29-28(26)19-24/h2-10,13,15-21H,11-12,14H2,1H3/t20-,21?/m1/s1. The summed E-state index contributed by atoms with van der Waals surface area (Å²) in [6.07, 6.45) is 10.9. The molecular formula is C28H26S. The van der Waals surface area contributed by atoms with E-state index >= 15 is 0 Å². The molecule has 29 heavy (non-hydrogen) atoms. The van der Waals surface area contributed by atoms with Gasteiger partial charge in [-0.3, -0.25) is 0 Å². The van der Waals surface area contributed by atoms with Crippen molar-refractivity contribution < 1.29 is 0 Å². The van der Waals surface area contributed by atoms with Crippen molar-refractivity contribution in [2.24, 2.45) is 5.92 Å². The van der Waals surface area contributed by atoms with Crippen LogP contribution in [0.25, 0.3) is 25.7 Å². The number of rotatable bonds is 5. The summed E-state index contributed by atoms with van der Waals surface area (Å²) < 4.78 is 2.76. The van der Waals surface area contributed by atoms with Crippen molar-refractivity contribution in [1.29, 1.82) is 0 Å². The summed E-state index contributed by atoms with van der Waals surface area (Å²) in [4.78, 5) is 0. The summed E-state index contributed by atoms with van der Waals surface area (Å²) >= 11 is 1.90. The van der Waals surface area contributed by atoms with Crippen molar-refractivity contribution in [2.45, 2.75) is 32.1 Å². The lowest BCUT2D eigenvalue weighted by Crippen LogP contribution is -2.03. The highest BCUT2D eigenvalue weighted by molar-refractivity contribution is 7.25. The van der Waals surface area contributed by atoms with Crippen molar-refractivity contribution in [3.63, 3.8) is 0 Å². The van der Waals surface area contributed by atoms with Gasteiger partial charge in [-0.05, 0) is 59.9 Å². The summed E-state index contributed by atoms with van der Waals surface area (Å²) in [7, 11) is 0. The molecule has 0 nitrogen and oxygen atoms in total. The van der Waals surface area contributed by atoms with Gasteiger partial charge in [0, 0.05) is 20.2 Å². The SMILES string of the molecule is C[C@H](CCC1C=CC(c2ccc3c(c2)sc2ccccc23)=CC1)c1ccccc1. The fraction of sp³-hybridized carbons (Fsp3) is 0.214. The maximum atomic E-state index is 2.44. The average Bonchev–Trinajstić information content (AvgIpc) is 3.16. The molecule has 0 saturated carbocycles. The zero-order valence-corrected chi connectivity index (χ0v) is 17.7. The Balaban J connectivity index is 1.27. The van der Waals surface area contributed by atoms with Crippen LogP contribution >= 0.6 is 11.3 Å². The van der Waals surface area contributed by atoms with Crippen LogP contribution in [0.1, 0.15) is 43.2 Å². The molecule has 1 aliphatic rings. The number of hydrogen-bond acceptors (Lipinski definition) is 1. The Morgan fingerprint density at radius 1 is 0.897 bits per heavy atom. The molecule has 0 amide bonds. The van der Waals surface area contributed by atoms with E-state index in [2.05, 4.69) is 97.9 Å². The zero-order valence-electron chi connectivity index (χ0n) is 16.8. The van der Waals surface area contributed by atoms with Gasteiger partial charge in [-0.2, -0.15) is 0 Å². The van der Waals surface area contributed by atoms with Crippen LogP contribution in [0.3, 0.4) is 0 Å². The van der Waals surface area contributed by atoms with Crippen LogP contribution in [-0.2, 0) is 0 Å². The van der Waals surface area contributed by atoms with E-state index < -0.39 is 0 Å². The highest BCUT2D eigenvalue weighted by Crippen LogP contribution is 2.36. The molecule has 1 unspecified atom stereocenters. The van der Waals surface area contributed by atoms with Crippen LogP contribution in [0.15, 0.2) is 91.0 Å². The van der Waals surface area contributed by atoms with Crippen LogP contribution in [0.5, 0.6) is 0 Å². The number of benzene rings is 3. The van der Waals surface area contributed by atoms with E-state index in [0.717, 1.165) is 6.42 Å². The first-order valence-corrected chi connectivity index (χ1v) is 11.4. The van der Waals surface area contributed by atoms with E-state index in [9.17, 15) is 0 Å². The van der Waals surface area contributed by atoms with Gasteiger partial charge in [0.1, 0.15) is 0 Å². The Bertz CT molecular complexity index is 1190. The Hall–Kier alpha value is -2.64. The molecule has 0 spiro atoms. The molecule has 1 heterocycles. The molecule has 1 heteroatoms. The van der Waals surface area contributed by atoms with E-state index in [0.29, 0.717) is 11.8 Å². The minimum absolute atomic E-state index is 0.630. The molecule has 144 valence electrons. The molecule has 0 N–H and O–H groups in total. The molecule has 1 aliphatic carbocycles. The van der Waals surface area contributed by atoms with Crippen LogP contribution in [0, 0.1) is 5.92 Å². The van der Waals surface area contributed by atoms with Crippen LogP contribution < -0.4 is 0 Å². The fourth-order valence-electron chi connectivity index (χ4n) is 4.41. The molecule has 5 rings (SSSR count). The van der Waals surface area contributed by atoms with Crippen LogP contribution in [0.4, 0.5) is 0 Å². The average molecular weight is 395 g/mol. The minimum Gasteiger partial charge on any atom is -0.135 e. The Morgan fingerprint density at radius 3 is 2.52 bits per heavy atom. The number of hydrogen-bond donors (Lipinski definition) is 0. The summed E-state index contributed by atoms with van der Waals surface area (Å²) in [6, 6.07) is 26.6. The van der Waals surface area contributed by atoms with E-state index in [-0.39, 0.29) is 0 Å². The third-order valence-electron chi connectivity index (χ3n) is 6.24. The summed E-state index contributed by atoms with van der Waals surface area (Å²) in [5, 5.41) is 2.75. The summed E-state index contributed by atoms with van der Waals surface area (Å²) in [6.45, 7) is 2.35. The van der Waals surface area contributed by atoms with Crippen LogP contribution in [0.2, 0.25) is 0 Å². The maximum Gasteiger partial charge on any atom is 0.0361 e. The van der Waals surface area contributed by atoms with E-state index in [1.54, 1.807) is 0 Å². The third-order valence-corrected chi connectivity index (χ3v) is 7.37. The molecule has 0 fully saturated rings. The molecule has 0 aliphatic heterocycles. The van der Waals surface area contributed by atoms with Crippen molar-refractivity contribution in [3.05, 3.63) is 102 Å². The van der Waals surface area contributed by atoms with Crippen molar-refractivity contribution >= 4 is 37.1 Å². The first-order valence-electron chi connectivity index (χ1n) is 10.6. The maximum absolute atomic E-state index is 2.44. The third kappa shape index (κ3) is 3.80. The second-order valence-electron chi connectivity index (χ2n) is 8.21. The van der Waals surface area contributed by atoms with Crippen molar-refractivity contribution in [2.75, 3.05) is 0 Å². The smallest absolute Gasteiger partial charge is 0.0361 e. The lowest BCUT2D eigenvalue weighted by Gasteiger charge is -2.19. The highest BCUT2D eigenvalue weighted by Gasteiger charge is 2.14. The lowest BCUT2D eigenvalue weighted by atomic mass is 9.86. The Morgan fingerprint density at radius 2 is 1.69 bits per heavy atom. The minimum atomic E-state index is 0.630. The second-order valence-corrected chi connectivity index (χ2v) is 9.30. The molecule has 2 atom stereocenters. The van der Waals surface area contributed by atoms with Gasteiger partial charge < -0.3 is 0 Å². The first kappa shape index (κ1) is 18.4. The van der Waals surface area contributed by atoms with Gasteiger partial charge in [-0.25, -0.2) is 0 Å². The van der Waals surface area contributed by atoms with Gasteiger partial charge >= 0.3 is 0 Å². The Kier molecular flexibility index (Phi) is 5.08. The molecule has 1 aromatic heterocycles. The number of fused-ring (bicyclic) bond motifs is 3. The van der Waals surface area contributed by atoms with Crippen molar-refractivity contribution in [1.82, 2.24) is 0 Å². The van der Waals surface area contributed by atoms with Gasteiger partial charge in [-0.1, -0.05) is 85.8 Å². The van der Waals surface area contributed by atoms with E-state index in [4.69, 9.17) is 0 Å². The second kappa shape index (κ2) is 8.00. The van der Waals surface area contributed by atoms with Gasteiger partial charge in [0.25, 0.3) is 0 Å².